The first-order chi connectivity index (χ1) is 11.0. The van der Waals surface area contributed by atoms with Gasteiger partial charge in [0.15, 0.2) is 11.5 Å². The van der Waals surface area contributed by atoms with Gasteiger partial charge in [0.25, 0.3) is 0 Å². The Morgan fingerprint density at radius 2 is 1.83 bits per heavy atom. The molecule has 0 aromatic heterocycles. The van der Waals surface area contributed by atoms with Gasteiger partial charge in [0.05, 0.1) is 4.90 Å². The normalized spacial score (nSPS) is 15.2. The quantitative estimate of drug-likeness (QED) is 0.859. The lowest BCUT2D eigenvalue weighted by atomic mass is 10.1. The Morgan fingerprint density at radius 3 is 2.57 bits per heavy atom. The molecule has 0 saturated carbocycles. The smallest absolute Gasteiger partial charge is 0.241 e. The lowest BCUT2D eigenvalue weighted by Crippen LogP contribution is -2.27. The Kier molecular flexibility index (Phi) is 4.61. The highest BCUT2D eigenvalue weighted by Crippen LogP contribution is 2.33. The Balaban J connectivity index is 1.82. The maximum Gasteiger partial charge on any atom is 0.241 e. The zero-order valence-corrected chi connectivity index (χ0v) is 14.9. The zero-order valence-electron chi connectivity index (χ0n) is 12.5. The van der Waals surface area contributed by atoms with Gasteiger partial charge in [-0.05, 0) is 42.8 Å². The number of benzene rings is 2. The van der Waals surface area contributed by atoms with E-state index >= 15 is 0 Å². The number of nitrogens with one attached hydrogen (secondary N) is 1. The molecule has 0 aliphatic carbocycles. The lowest BCUT2D eigenvalue weighted by molar-refractivity contribution is 0.171. The number of hydrogen-bond donors (Lipinski definition) is 1. The molecule has 0 amide bonds. The molecule has 0 bridgehead atoms. The van der Waals surface area contributed by atoms with Crippen LogP contribution in [-0.2, 0) is 10.0 Å². The van der Waals surface area contributed by atoms with E-state index in [1.54, 1.807) is 37.3 Å². The van der Waals surface area contributed by atoms with Crippen LogP contribution in [0.2, 0.25) is 0 Å². The van der Waals surface area contributed by atoms with Gasteiger partial charge in [0, 0.05) is 10.5 Å². The number of rotatable bonds is 4. The van der Waals surface area contributed by atoms with Crippen LogP contribution in [0, 0.1) is 0 Å². The minimum absolute atomic E-state index is 0.219. The first-order valence-electron chi connectivity index (χ1n) is 7.13. The summed E-state index contributed by atoms with van der Waals surface area (Å²) in [5.41, 5.74) is 0.813. The molecular weight excluding hydrogens is 382 g/mol. The van der Waals surface area contributed by atoms with E-state index in [1.807, 2.05) is 12.1 Å². The maximum atomic E-state index is 12.5. The number of fused-ring (bicyclic) bond motifs is 1. The van der Waals surface area contributed by atoms with E-state index in [1.165, 1.54) is 0 Å². The monoisotopic (exact) mass is 397 g/mol. The van der Waals surface area contributed by atoms with Crippen LogP contribution in [0.15, 0.2) is 51.8 Å². The van der Waals surface area contributed by atoms with Gasteiger partial charge in [-0.1, -0.05) is 28.1 Å². The second-order valence-electron chi connectivity index (χ2n) is 5.20. The van der Waals surface area contributed by atoms with Gasteiger partial charge < -0.3 is 9.47 Å². The third-order valence-electron chi connectivity index (χ3n) is 3.50. The molecule has 23 heavy (non-hydrogen) atoms. The summed E-state index contributed by atoms with van der Waals surface area (Å²) in [6.07, 6.45) is 0. The molecule has 5 nitrogen and oxygen atoms in total. The molecule has 1 aliphatic heterocycles. The van der Waals surface area contributed by atoms with Gasteiger partial charge in [-0.2, -0.15) is 0 Å². The second kappa shape index (κ2) is 6.51. The van der Waals surface area contributed by atoms with Crippen LogP contribution in [0.3, 0.4) is 0 Å². The fourth-order valence-corrected chi connectivity index (χ4v) is 4.16. The highest BCUT2D eigenvalue weighted by atomic mass is 79.9. The minimum atomic E-state index is -3.60. The molecule has 122 valence electrons. The van der Waals surface area contributed by atoms with E-state index < -0.39 is 16.1 Å². The Bertz CT molecular complexity index is 823. The number of hydrogen-bond acceptors (Lipinski definition) is 4. The van der Waals surface area contributed by atoms with E-state index in [0.717, 1.165) is 5.56 Å². The third-order valence-corrected chi connectivity index (χ3v) is 5.54. The van der Waals surface area contributed by atoms with Crippen LogP contribution >= 0.6 is 15.9 Å². The first-order valence-corrected chi connectivity index (χ1v) is 9.41. The predicted molar refractivity (Wildman–Crippen MR) is 90.3 cm³/mol. The Morgan fingerprint density at radius 1 is 1.09 bits per heavy atom. The van der Waals surface area contributed by atoms with Crippen molar-refractivity contribution in [3.63, 3.8) is 0 Å². The van der Waals surface area contributed by atoms with Crippen LogP contribution in [0.5, 0.6) is 11.5 Å². The molecular formula is C16H16BrNO4S. The summed E-state index contributed by atoms with van der Waals surface area (Å²) in [6, 6.07) is 11.6. The summed E-state index contributed by atoms with van der Waals surface area (Å²) in [4.78, 5) is 0.219. The van der Waals surface area contributed by atoms with Gasteiger partial charge in [0.2, 0.25) is 10.0 Å². The van der Waals surface area contributed by atoms with Crippen LogP contribution in [0.4, 0.5) is 0 Å². The van der Waals surface area contributed by atoms with Crippen molar-refractivity contribution < 1.29 is 17.9 Å². The summed E-state index contributed by atoms with van der Waals surface area (Å²) >= 11 is 3.28. The van der Waals surface area contributed by atoms with Crippen molar-refractivity contribution in [1.82, 2.24) is 4.72 Å². The van der Waals surface area contributed by atoms with Crippen molar-refractivity contribution in [2.75, 3.05) is 13.2 Å². The van der Waals surface area contributed by atoms with Crippen LogP contribution in [0.25, 0.3) is 0 Å². The molecule has 1 aliphatic rings. The largest absolute Gasteiger partial charge is 0.486 e. The fourth-order valence-electron chi connectivity index (χ4n) is 2.33. The maximum absolute atomic E-state index is 12.5. The molecule has 2 aromatic rings. The average Bonchev–Trinajstić information content (AvgIpc) is 2.54. The SMILES string of the molecule is C[C@@H](NS(=O)(=O)c1cccc(Br)c1)c1ccc2c(c1)OCCO2. The number of ether oxygens (including phenoxy) is 2. The summed E-state index contributed by atoms with van der Waals surface area (Å²) in [6.45, 7) is 2.81. The second-order valence-corrected chi connectivity index (χ2v) is 7.83. The molecule has 0 unspecified atom stereocenters. The van der Waals surface area contributed by atoms with E-state index in [0.29, 0.717) is 29.2 Å². The predicted octanol–water partition coefficient (Wildman–Crippen LogP) is 3.26. The van der Waals surface area contributed by atoms with E-state index in [9.17, 15) is 8.42 Å². The van der Waals surface area contributed by atoms with E-state index in [-0.39, 0.29) is 4.90 Å². The molecule has 1 heterocycles. The zero-order chi connectivity index (χ0) is 16.4. The molecule has 3 rings (SSSR count). The van der Waals surface area contributed by atoms with Gasteiger partial charge in [-0.3, -0.25) is 0 Å². The molecule has 0 spiro atoms. The lowest BCUT2D eigenvalue weighted by Gasteiger charge is -2.21. The van der Waals surface area contributed by atoms with Crippen LogP contribution < -0.4 is 14.2 Å². The van der Waals surface area contributed by atoms with Crippen molar-refractivity contribution in [2.45, 2.75) is 17.9 Å². The Hall–Kier alpha value is -1.57. The van der Waals surface area contributed by atoms with Crippen molar-refractivity contribution >= 4 is 26.0 Å². The molecule has 0 saturated heterocycles. The Labute approximate surface area is 143 Å². The van der Waals surface area contributed by atoms with Gasteiger partial charge in [0.1, 0.15) is 13.2 Å². The molecule has 0 radical (unpaired) electrons. The highest BCUT2D eigenvalue weighted by molar-refractivity contribution is 9.10. The van der Waals surface area contributed by atoms with E-state index in [4.69, 9.17) is 9.47 Å². The summed E-state index contributed by atoms with van der Waals surface area (Å²) in [5.74, 6) is 1.32. The van der Waals surface area contributed by atoms with Crippen molar-refractivity contribution in [3.8, 4) is 11.5 Å². The highest BCUT2D eigenvalue weighted by Gasteiger charge is 2.20. The van der Waals surface area contributed by atoms with Gasteiger partial charge in [-0.25, -0.2) is 13.1 Å². The number of sulfonamides is 1. The first kappa shape index (κ1) is 16.3. The molecule has 2 aromatic carbocycles. The van der Waals surface area contributed by atoms with Gasteiger partial charge >= 0.3 is 0 Å². The summed E-state index contributed by atoms with van der Waals surface area (Å²) < 4.78 is 39.3. The van der Waals surface area contributed by atoms with Gasteiger partial charge in [-0.15, -0.1) is 0 Å². The standard InChI is InChI=1S/C16H16BrNO4S/c1-11(12-5-6-15-16(9-12)22-8-7-21-15)18-23(19,20)14-4-2-3-13(17)10-14/h2-6,9-11,18H,7-8H2,1H3/t11-/m1/s1. The minimum Gasteiger partial charge on any atom is -0.486 e. The molecule has 1 atom stereocenters. The molecule has 1 N–H and O–H groups in total. The molecule has 7 heteroatoms. The topological polar surface area (TPSA) is 64.6 Å². The number of halogens is 1. The fraction of sp³-hybridized carbons (Fsp3) is 0.250. The summed E-state index contributed by atoms with van der Waals surface area (Å²) in [5, 5.41) is 0. The van der Waals surface area contributed by atoms with Crippen molar-refractivity contribution in [3.05, 3.63) is 52.5 Å². The summed E-state index contributed by atoms with van der Waals surface area (Å²) in [7, 11) is -3.60. The van der Waals surface area contributed by atoms with Crippen LogP contribution in [-0.4, -0.2) is 21.6 Å². The van der Waals surface area contributed by atoms with Crippen molar-refractivity contribution in [1.29, 1.82) is 0 Å². The van der Waals surface area contributed by atoms with Crippen molar-refractivity contribution in [2.24, 2.45) is 0 Å². The molecule has 0 fully saturated rings. The van der Waals surface area contributed by atoms with E-state index in [2.05, 4.69) is 20.7 Å². The van der Waals surface area contributed by atoms with Crippen LogP contribution in [0.1, 0.15) is 18.5 Å². The third kappa shape index (κ3) is 3.68. The average molecular weight is 398 g/mol.